The van der Waals surface area contributed by atoms with E-state index in [-0.39, 0.29) is 17.9 Å². The van der Waals surface area contributed by atoms with Gasteiger partial charge in [0.2, 0.25) is 0 Å². The van der Waals surface area contributed by atoms with Crippen LogP contribution in [0.5, 0.6) is 5.75 Å². The van der Waals surface area contributed by atoms with Crippen LogP contribution in [0, 0.1) is 6.92 Å². The molecule has 0 spiro atoms. The molecule has 21 heavy (non-hydrogen) atoms. The summed E-state index contributed by atoms with van der Waals surface area (Å²) < 4.78 is 8.32. The first kappa shape index (κ1) is 15.9. The number of hydrogen-bond acceptors (Lipinski definition) is 3. The van der Waals surface area contributed by atoms with E-state index in [0.717, 1.165) is 15.9 Å². The summed E-state index contributed by atoms with van der Waals surface area (Å²) in [7, 11) is 0. The van der Waals surface area contributed by atoms with Gasteiger partial charge >= 0.3 is 5.97 Å². The van der Waals surface area contributed by atoms with E-state index in [0.29, 0.717) is 11.6 Å². The van der Waals surface area contributed by atoms with Gasteiger partial charge in [-0.25, -0.2) is 4.79 Å². The Morgan fingerprint density at radius 3 is 2.86 bits per heavy atom. The second kappa shape index (κ2) is 6.49. The van der Waals surface area contributed by atoms with Crippen molar-refractivity contribution < 1.29 is 14.6 Å². The van der Waals surface area contributed by atoms with Crippen LogP contribution < -0.4 is 4.74 Å². The zero-order chi connectivity index (χ0) is 15.6. The second-order valence-corrected chi connectivity index (χ2v) is 5.63. The fourth-order valence-electron chi connectivity index (χ4n) is 1.95. The summed E-state index contributed by atoms with van der Waals surface area (Å²) in [5.74, 6) is -0.815. The van der Waals surface area contributed by atoms with Gasteiger partial charge in [0.1, 0.15) is 17.9 Å². The first-order chi connectivity index (χ1) is 9.93. The van der Waals surface area contributed by atoms with E-state index in [1.807, 2.05) is 18.5 Å². The molecule has 1 aromatic heterocycles. The van der Waals surface area contributed by atoms with E-state index < -0.39 is 5.97 Å². The van der Waals surface area contributed by atoms with Gasteiger partial charge in [0.15, 0.2) is 0 Å². The van der Waals surface area contributed by atoms with Crippen LogP contribution in [0.3, 0.4) is 0 Å². The molecule has 0 aliphatic carbocycles. The Morgan fingerprint density at radius 1 is 1.52 bits per heavy atom. The quantitative estimate of drug-likeness (QED) is 0.863. The Kier molecular flexibility index (Phi) is 4.90. The molecule has 0 saturated heterocycles. The number of carboxylic acids is 1. The van der Waals surface area contributed by atoms with E-state index in [4.69, 9.17) is 21.4 Å². The zero-order valence-electron chi connectivity index (χ0n) is 11.6. The average molecular weight is 374 g/mol. The summed E-state index contributed by atoms with van der Waals surface area (Å²) in [5.41, 5.74) is 1.79. The Labute approximate surface area is 135 Å². The third-order valence-electron chi connectivity index (χ3n) is 2.99. The van der Waals surface area contributed by atoms with Gasteiger partial charge in [-0.2, -0.15) is 5.10 Å². The summed E-state index contributed by atoms with van der Waals surface area (Å²) in [6, 6.07) is 4.45. The molecule has 7 heteroatoms. The van der Waals surface area contributed by atoms with Crippen molar-refractivity contribution in [2.45, 2.75) is 27.0 Å². The monoisotopic (exact) mass is 372 g/mol. The molecule has 0 unspecified atom stereocenters. The van der Waals surface area contributed by atoms with Crippen LogP contribution in [-0.4, -0.2) is 20.9 Å². The number of nitrogens with zero attached hydrogens (tertiary/aromatic N) is 2. The first-order valence-electron chi connectivity index (χ1n) is 6.31. The molecular formula is C14H14BrClN2O3. The van der Waals surface area contributed by atoms with Crippen LogP contribution in [0.25, 0.3) is 0 Å². The largest absolute Gasteiger partial charge is 0.486 e. The molecule has 0 aliphatic rings. The van der Waals surface area contributed by atoms with Crippen LogP contribution in [-0.2, 0) is 13.2 Å². The molecule has 2 rings (SSSR count). The smallest absolute Gasteiger partial charge is 0.339 e. The molecule has 1 aromatic carbocycles. The minimum atomic E-state index is -1.05. The van der Waals surface area contributed by atoms with Crippen LogP contribution in [0.1, 0.15) is 28.7 Å². The number of aromatic carboxylic acids is 1. The normalized spacial score (nSPS) is 10.7. The van der Waals surface area contributed by atoms with Gasteiger partial charge in [-0.1, -0.05) is 11.6 Å². The molecule has 0 saturated carbocycles. The van der Waals surface area contributed by atoms with Gasteiger partial charge in [0.05, 0.1) is 15.9 Å². The van der Waals surface area contributed by atoms with Crippen molar-refractivity contribution in [1.29, 1.82) is 0 Å². The third kappa shape index (κ3) is 3.39. The molecule has 5 nitrogen and oxygen atoms in total. The molecule has 0 bridgehead atoms. The van der Waals surface area contributed by atoms with E-state index in [9.17, 15) is 4.79 Å². The molecular weight excluding hydrogens is 360 g/mol. The molecule has 2 aromatic rings. The maximum atomic E-state index is 11.2. The van der Waals surface area contributed by atoms with Crippen LogP contribution in [0.4, 0.5) is 0 Å². The van der Waals surface area contributed by atoms with Crippen molar-refractivity contribution in [3.8, 4) is 5.75 Å². The van der Waals surface area contributed by atoms with Crippen molar-refractivity contribution >= 4 is 33.5 Å². The SMILES string of the molecule is CCn1nc(C)c(Br)c1COc1cc(Cl)ccc1C(=O)O. The van der Waals surface area contributed by atoms with Crippen molar-refractivity contribution in [2.75, 3.05) is 0 Å². The third-order valence-corrected chi connectivity index (χ3v) is 4.26. The highest BCUT2D eigenvalue weighted by Gasteiger charge is 2.16. The summed E-state index contributed by atoms with van der Waals surface area (Å²) >= 11 is 9.37. The maximum absolute atomic E-state index is 11.2. The number of carboxylic acid groups (broad SMARTS) is 1. The van der Waals surface area contributed by atoms with E-state index in [1.54, 1.807) is 0 Å². The first-order valence-corrected chi connectivity index (χ1v) is 7.48. The summed E-state index contributed by atoms with van der Waals surface area (Å²) in [6.07, 6.45) is 0. The van der Waals surface area contributed by atoms with Gasteiger partial charge in [-0.15, -0.1) is 0 Å². The van der Waals surface area contributed by atoms with Gasteiger partial charge in [-0.05, 0) is 48.0 Å². The average Bonchev–Trinajstić information content (AvgIpc) is 2.71. The molecule has 0 radical (unpaired) electrons. The summed E-state index contributed by atoms with van der Waals surface area (Å²) in [4.78, 5) is 11.2. The van der Waals surface area contributed by atoms with E-state index in [1.165, 1.54) is 18.2 Å². The lowest BCUT2D eigenvalue weighted by Crippen LogP contribution is -2.08. The molecule has 0 atom stereocenters. The minimum absolute atomic E-state index is 0.0785. The van der Waals surface area contributed by atoms with Crippen molar-refractivity contribution in [2.24, 2.45) is 0 Å². The highest BCUT2D eigenvalue weighted by atomic mass is 79.9. The molecule has 0 amide bonds. The number of carbonyl (C=O) groups is 1. The number of aromatic nitrogens is 2. The van der Waals surface area contributed by atoms with Gasteiger partial charge in [0, 0.05) is 11.6 Å². The summed E-state index contributed by atoms with van der Waals surface area (Å²) in [5, 5.41) is 14.0. The molecule has 0 fully saturated rings. The zero-order valence-corrected chi connectivity index (χ0v) is 13.9. The summed E-state index contributed by atoms with van der Waals surface area (Å²) in [6.45, 7) is 4.77. The Morgan fingerprint density at radius 2 is 2.24 bits per heavy atom. The number of rotatable bonds is 5. The highest BCUT2D eigenvalue weighted by molar-refractivity contribution is 9.10. The lowest BCUT2D eigenvalue weighted by Gasteiger charge is -2.11. The minimum Gasteiger partial charge on any atom is -0.486 e. The van der Waals surface area contributed by atoms with Gasteiger partial charge in [-0.3, -0.25) is 4.68 Å². The van der Waals surface area contributed by atoms with Crippen molar-refractivity contribution in [3.63, 3.8) is 0 Å². The molecule has 1 heterocycles. The second-order valence-electron chi connectivity index (χ2n) is 4.40. The predicted molar refractivity (Wildman–Crippen MR) is 83.1 cm³/mol. The van der Waals surface area contributed by atoms with Gasteiger partial charge < -0.3 is 9.84 Å². The molecule has 0 aliphatic heterocycles. The van der Waals surface area contributed by atoms with E-state index in [2.05, 4.69) is 21.0 Å². The molecule has 112 valence electrons. The number of halogens is 2. The van der Waals surface area contributed by atoms with Crippen LogP contribution >= 0.6 is 27.5 Å². The fraction of sp³-hybridized carbons (Fsp3) is 0.286. The van der Waals surface area contributed by atoms with E-state index >= 15 is 0 Å². The van der Waals surface area contributed by atoms with Crippen LogP contribution in [0.15, 0.2) is 22.7 Å². The van der Waals surface area contributed by atoms with Crippen molar-refractivity contribution in [3.05, 3.63) is 44.6 Å². The number of aryl methyl sites for hydroxylation is 2. The number of ether oxygens (including phenoxy) is 1. The Balaban J connectivity index is 2.28. The Bertz CT molecular complexity index is 685. The van der Waals surface area contributed by atoms with Crippen molar-refractivity contribution in [1.82, 2.24) is 9.78 Å². The van der Waals surface area contributed by atoms with Gasteiger partial charge in [0.25, 0.3) is 0 Å². The fourth-order valence-corrected chi connectivity index (χ4v) is 2.51. The standard InChI is InChI=1S/C14H14BrClN2O3/c1-3-18-11(13(15)8(2)17-18)7-21-12-6-9(16)4-5-10(12)14(19)20/h4-6H,3,7H2,1-2H3,(H,19,20). The topological polar surface area (TPSA) is 64.4 Å². The lowest BCUT2D eigenvalue weighted by atomic mass is 10.2. The Hall–Kier alpha value is -1.53. The number of benzene rings is 1. The number of hydrogen-bond donors (Lipinski definition) is 1. The lowest BCUT2D eigenvalue weighted by molar-refractivity contribution is 0.0691. The maximum Gasteiger partial charge on any atom is 0.339 e. The molecule has 1 N–H and O–H groups in total. The highest BCUT2D eigenvalue weighted by Crippen LogP contribution is 2.27. The predicted octanol–water partition coefficient (Wildman–Crippen LogP) is 3.90. The van der Waals surface area contributed by atoms with Crippen LogP contribution in [0.2, 0.25) is 5.02 Å².